The highest BCUT2D eigenvalue weighted by molar-refractivity contribution is 8.00. The van der Waals surface area contributed by atoms with Crippen molar-refractivity contribution in [3.8, 4) is 5.69 Å². The first-order valence-corrected chi connectivity index (χ1v) is 12.7. The zero-order valence-electron chi connectivity index (χ0n) is 19.3. The fourth-order valence-corrected chi connectivity index (χ4v) is 6.53. The topological polar surface area (TPSA) is 55.1 Å². The molecular weight excluding hydrogens is 505 g/mol. The molecule has 0 radical (unpaired) electrons. The van der Waals surface area contributed by atoms with Gasteiger partial charge in [-0.2, -0.15) is 18.3 Å². The number of halogens is 3. The molecular formula is C27H21F3N2O2S2. The number of carboxylic acid groups (broad SMARTS) is 1. The number of thioether (sulfide) groups is 1. The normalized spacial score (nSPS) is 12.5. The molecule has 2 heterocycles. The van der Waals surface area contributed by atoms with Crippen LogP contribution < -0.4 is 0 Å². The van der Waals surface area contributed by atoms with Crippen LogP contribution in [0.5, 0.6) is 0 Å². The summed E-state index contributed by atoms with van der Waals surface area (Å²) < 4.78 is 41.1. The quantitative estimate of drug-likeness (QED) is 0.228. The fourth-order valence-electron chi connectivity index (χ4n) is 4.18. The Hall–Kier alpha value is -3.30. The first-order chi connectivity index (χ1) is 17.0. The van der Waals surface area contributed by atoms with Crippen LogP contribution in [0.2, 0.25) is 0 Å². The predicted molar refractivity (Wildman–Crippen MR) is 138 cm³/mol. The van der Waals surface area contributed by atoms with Crippen LogP contribution in [0.1, 0.15) is 29.9 Å². The van der Waals surface area contributed by atoms with Gasteiger partial charge in [0, 0.05) is 30.8 Å². The van der Waals surface area contributed by atoms with Crippen molar-refractivity contribution in [1.29, 1.82) is 0 Å². The maximum absolute atomic E-state index is 12.9. The van der Waals surface area contributed by atoms with Gasteiger partial charge in [-0.25, -0.2) is 4.68 Å². The van der Waals surface area contributed by atoms with E-state index in [0.29, 0.717) is 5.69 Å². The van der Waals surface area contributed by atoms with Gasteiger partial charge in [-0.15, -0.1) is 23.1 Å². The molecule has 5 rings (SSSR count). The lowest BCUT2D eigenvalue weighted by Crippen LogP contribution is -2.12. The van der Waals surface area contributed by atoms with E-state index < -0.39 is 17.7 Å². The third-order valence-electron chi connectivity index (χ3n) is 5.89. The van der Waals surface area contributed by atoms with Gasteiger partial charge in [0.05, 0.1) is 23.2 Å². The monoisotopic (exact) mass is 526 g/mol. The number of benzene rings is 3. The number of aliphatic carboxylic acids is 1. The minimum Gasteiger partial charge on any atom is -0.481 e. The zero-order chi connectivity index (χ0) is 25.7. The second-order valence-electron chi connectivity index (χ2n) is 8.96. The summed E-state index contributed by atoms with van der Waals surface area (Å²) in [4.78, 5) is 12.9. The van der Waals surface area contributed by atoms with Gasteiger partial charge >= 0.3 is 12.1 Å². The summed E-state index contributed by atoms with van der Waals surface area (Å²) >= 11 is 3.16. The van der Waals surface area contributed by atoms with Gasteiger partial charge in [0.25, 0.3) is 0 Å². The molecule has 4 nitrogen and oxygen atoms in total. The first-order valence-electron chi connectivity index (χ1n) is 11.1. The minimum atomic E-state index is -4.38. The van der Waals surface area contributed by atoms with Gasteiger partial charge in [0.2, 0.25) is 0 Å². The van der Waals surface area contributed by atoms with Crippen LogP contribution in [0, 0.1) is 0 Å². The fraction of sp³-hybridized carbons (Fsp3) is 0.185. The van der Waals surface area contributed by atoms with Crippen molar-refractivity contribution < 1.29 is 23.1 Å². The number of aromatic nitrogens is 2. The summed E-state index contributed by atoms with van der Waals surface area (Å²) in [7, 11) is 0. The highest BCUT2D eigenvalue weighted by atomic mass is 32.2. The van der Waals surface area contributed by atoms with Crippen LogP contribution in [0.25, 0.3) is 26.7 Å². The van der Waals surface area contributed by atoms with Crippen molar-refractivity contribution in [1.82, 2.24) is 9.78 Å². The van der Waals surface area contributed by atoms with Crippen molar-refractivity contribution in [2.75, 3.05) is 0 Å². The molecule has 2 aromatic heterocycles. The molecule has 0 fully saturated rings. The molecule has 5 aromatic rings. The lowest BCUT2D eigenvalue weighted by Gasteiger charge is -2.25. The van der Waals surface area contributed by atoms with Crippen LogP contribution in [0.4, 0.5) is 13.2 Å². The van der Waals surface area contributed by atoms with E-state index in [1.54, 1.807) is 16.4 Å². The van der Waals surface area contributed by atoms with E-state index in [0.717, 1.165) is 48.5 Å². The molecule has 0 amide bonds. The van der Waals surface area contributed by atoms with Gasteiger partial charge < -0.3 is 5.11 Å². The highest BCUT2D eigenvalue weighted by Gasteiger charge is 2.30. The summed E-state index contributed by atoms with van der Waals surface area (Å²) in [6.07, 6.45) is -2.55. The number of fused-ring (bicyclic) bond motifs is 2. The van der Waals surface area contributed by atoms with Gasteiger partial charge in [-0.3, -0.25) is 4.79 Å². The molecule has 36 heavy (non-hydrogen) atoms. The molecule has 0 atom stereocenters. The van der Waals surface area contributed by atoms with Crippen LogP contribution in [0.15, 0.2) is 77.8 Å². The molecule has 0 aliphatic rings. The highest BCUT2D eigenvalue weighted by Crippen LogP contribution is 2.44. The van der Waals surface area contributed by atoms with E-state index in [2.05, 4.69) is 19.9 Å². The summed E-state index contributed by atoms with van der Waals surface area (Å²) in [5, 5.41) is 15.7. The van der Waals surface area contributed by atoms with E-state index in [-0.39, 0.29) is 11.2 Å². The van der Waals surface area contributed by atoms with Crippen molar-refractivity contribution in [3.05, 3.63) is 88.9 Å². The van der Waals surface area contributed by atoms with Gasteiger partial charge in [-0.1, -0.05) is 24.3 Å². The molecule has 184 valence electrons. The molecule has 0 spiro atoms. The van der Waals surface area contributed by atoms with Gasteiger partial charge in [0.15, 0.2) is 0 Å². The number of alkyl halides is 3. The number of carboxylic acids is 1. The predicted octanol–water partition coefficient (Wildman–Crippen LogP) is 7.91. The van der Waals surface area contributed by atoms with Gasteiger partial charge in [0.1, 0.15) is 0 Å². The van der Waals surface area contributed by atoms with E-state index in [4.69, 9.17) is 10.2 Å². The molecule has 9 heteroatoms. The molecule has 0 saturated carbocycles. The molecule has 0 aliphatic heterocycles. The standard InChI is InChI=1S/C27H21F3N2O2S2/c1-26(2,36-20-11-6-16-12-21(14-24(33)34)35-23(16)13-20)22-5-3-4-17-15-32(31-25(17)22)19-9-7-18(8-10-19)27(28,29)30/h3-13,15H,14H2,1-2H3,(H,33,34). The summed E-state index contributed by atoms with van der Waals surface area (Å²) in [6.45, 7) is 4.22. The maximum Gasteiger partial charge on any atom is 0.416 e. The Bertz CT molecular complexity index is 1580. The van der Waals surface area contributed by atoms with Crippen molar-refractivity contribution in [2.24, 2.45) is 0 Å². The van der Waals surface area contributed by atoms with Crippen LogP contribution in [-0.2, 0) is 22.1 Å². The number of hydrogen-bond acceptors (Lipinski definition) is 4. The van der Waals surface area contributed by atoms with Gasteiger partial charge in [-0.05, 0) is 67.3 Å². The second-order valence-corrected chi connectivity index (χ2v) is 11.8. The Morgan fingerprint density at radius 2 is 1.78 bits per heavy atom. The molecule has 1 N–H and O–H groups in total. The maximum atomic E-state index is 12.9. The van der Waals surface area contributed by atoms with Crippen molar-refractivity contribution in [2.45, 2.75) is 36.1 Å². The van der Waals surface area contributed by atoms with Crippen molar-refractivity contribution >= 4 is 50.1 Å². The number of carbonyl (C=O) groups is 1. The molecule has 3 aromatic carbocycles. The number of rotatable bonds is 6. The third kappa shape index (κ3) is 4.85. The summed E-state index contributed by atoms with van der Waals surface area (Å²) in [5.41, 5.74) is 1.65. The van der Waals surface area contributed by atoms with Crippen LogP contribution in [0.3, 0.4) is 0 Å². The Kier molecular flexibility index (Phi) is 6.08. The summed E-state index contributed by atoms with van der Waals surface area (Å²) in [5.74, 6) is -0.846. The number of thiophene rings is 1. The SMILES string of the molecule is CC(C)(Sc1ccc2cc(CC(=O)O)sc2c1)c1cccc2cn(-c3ccc(C(F)(F)F)cc3)nc12. The minimum absolute atomic E-state index is 0.0108. The Morgan fingerprint density at radius 1 is 1.03 bits per heavy atom. The average Bonchev–Trinajstić information content (AvgIpc) is 3.40. The Balaban J connectivity index is 1.46. The smallest absolute Gasteiger partial charge is 0.416 e. The van der Waals surface area contributed by atoms with E-state index in [1.807, 2.05) is 42.6 Å². The zero-order valence-corrected chi connectivity index (χ0v) is 21.0. The molecule has 0 aliphatic carbocycles. The van der Waals surface area contributed by atoms with E-state index in [9.17, 15) is 18.0 Å². The average molecular weight is 527 g/mol. The molecule has 0 bridgehead atoms. The van der Waals surface area contributed by atoms with Crippen molar-refractivity contribution in [3.63, 3.8) is 0 Å². The van der Waals surface area contributed by atoms with E-state index in [1.165, 1.54) is 23.5 Å². The Labute approximate surface area is 213 Å². The number of nitrogens with zero attached hydrogens (tertiary/aromatic N) is 2. The van der Waals surface area contributed by atoms with Crippen LogP contribution >= 0.6 is 23.1 Å². The summed E-state index contributed by atoms with van der Waals surface area (Å²) in [6, 6.07) is 18.9. The molecule has 0 unspecified atom stereocenters. The first kappa shape index (κ1) is 24.4. The molecule has 0 saturated heterocycles. The number of hydrogen-bond donors (Lipinski definition) is 1. The van der Waals surface area contributed by atoms with E-state index >= 15 is 0 Å². The lowest BCUT2D eigenvalue weighted by molar-refractivity contribution is -0.138. The van der Waals surface area contributed by atoms with Crippen LogP contribution in [-0.4, -0.2) is 20.9 Å². The third-order valence-corrected chi connectivity index (χ3v) is 8.20. The second kappa shape index (κ2) is 8.97. The Morgan fingerprint density at radius 3 is 2.47 bits per heavy atom. The largest absolute Gasteiger partial charge is 0.481 e. The lowest BCUT2D eigenvalue weighted by atomic mass is 10.00.